The maximum Gasteiger partial charge on any atom is 0.163 e. The minimum atomic E-state index is 0.197. The van der Waals surface area contributed by atoms with E-state index in [0.717, 1.165) is 16.2 Å². The van der Waals surface area contributed by atoms with Crippen molar-refractivity contribution in [2.75, 3.05) is 11.6 Å². The molecule has 0 atom stereocenters. The van der Waals surface area contributed by atoms with Crippen LogP contribution in [0.25, 0.3) is 0 Å². The van der Waals surface area contributed by atoms with Gasteiger partial charge >= 0.3 is 0 Å². The monoisotopic (exact) mass is 350 g/mol. The summed E-state index contributed by atoms with van der Waals surface area (Å²) in [5, 5.41) is 1.55. The number of carbonyl (C=O) groups excluding carboxylic acids is 1. The molecule has 1 nitrogen and oxygen atoms in total. The molecule has 4 heteroatoms. The van der Waals surface area contributed by atoms with Crippen LogP contribution in [0.15, 0.2) is 23.1 Å². The largest absolute Gasteiger partial charge is 0.294 e. The van der Waals surface area contributed by atoms with Crippen molar-refractivity contribution >= 4 is 49.4 Å². The normalized spacial score (nSPS) is 10.3. The molecule has 0 saturated heterocycles. The van der Waals surface area contributed by atoms with Crippen LogP contribution in [0.4, 0.5) is 0 Å². The lowest BCUT2D eigenvalue weighted by Crippen LogP contribution is -2.00. The highest BCUT2D eigenvalue weighted by Gasteiger charge is 2.08. The number of halogens is 2. The minimum Gasteiger partial charge on any atom is -0.294 e. The van der Waals surface area contributed by atoms with Crippen LogP contribution in [0.1, 0.15) is 22.3 Å². The van der Waals surface area contributed by atoms with Gasteiger partial charge in [-0.25, -0.2) is 0 Å². The molecule has 82 valence electrons. The Hall–Kier alpha value is 0.200. The summed E-state index contributed by atoms with van der Waals surface area (Å²) in [5.74, 6) is 0.197. The van der Waals surface area contributed by atoms with Gasteiger partial charge in [-0.3, -0.25) is 4.79 Å². The number of carbonyl (C=O) groups is 1. The topological polar surface area (TPSA) is 17.1 Å². The zero-order valence-electron chi connectivity index (χ0n) is 8.43. The van der Waals surface area contributed by atoms with Gasteiger partial charge in [0, 0.05) is 27.5 Å². The fourth-order valence-electron chi connectivity index (χ4n) is 1.26. The molecule has 0 fully saturated rings. The second-order valence-corrected chi connectivity index (χ2v) is 5.22. The molecule has 0 bridgehead atoms. The average Bonchev–Trinajstić information content (AvgIpc) is 2.28. The van der Waals surface area contributed by atoms with Crippen LogP contribution in [0.2, 0.25) is 0 Å². The summed E-state index contributed by atoms with van der Waals surface area (Å²) in [6, 6.07) is 5.90. The molecule has 0 aliphatic carbocycles. The molecule has 0 N–H and O–H groups in total. The summed E-state index contributed by atoms with van der Waals surface area (Å²) < 4.78 is 0. The molecule has 15 heavy (non-hydrogen) atoms. The minimum absolute atomic E-state index is 0.197. The fraction of sp³-hybridized carbons (Fsp3) is 0.364. The molecule has 0 unspecified atom stereocenters. The van der Waals surface area contributed by atoms with Crippen molar-refractivity contribution in [2.45, 2.75) is 16.6 Å². The maximum atomic E-state index is 11.7. The molecule has 1 rings (SSSR count). The average molecular weight is 352 g/mol. The summed E-state index contributed by atoms with van der Waals surface area (Å²) in [7, 11) is 0. The Morgan fingerprint density at radius 2 is 2.13 bits per heavy atom. The molecule has 0 aromatic heterocycles. The first kappa shape index (κ1) is 13.3. The van der Waals surface area contributed by atoms with Crippen LogP contribution in [0.3, 0.4) is 0 Å². The van der Waals surface area contributed by atoms with Crippen LogP contribution >= 0.6 is 43.6 Å². The molecule has 0 aliphatic rings. The Kier molecular flexibility index (Phi) is 5.94. The van der Waals surface area contributed by atoms with Gasteiger partial charge in [0.15, 0.2) is 5.78 Å². The van der Waals surface area contributed by atoms with Crippen LogP contribution in [0.5, 0.6) is 0 Å². The van der Waals surface area contributed by atoms with E-state index in [-0.39, 0.29) is 5.78 Å². The Labute approximate surface area is 111 Å². The molecule has 0 aliphatic heterocycles. The first-order valence-corrected chi connectivity index (χ1v) is 8.01. The quantitative estimate of drug-likeness (QED) is 0.447. The first-order valence-electron chi connectivity index (χ1n) is 4.55. The van der Waals surface area contributed by atoms with E-state index in [1.807, 2.05) is 24.5 Å². The van der Waals surface area contributed by atoms with Gasteiger partial charge in [0.1, 0.15) is 0 Å². The molecule has 0 amide bonds. The zero-order chi connectivity index (χ0) is 11.3. The molecule has 0 saturated carbocycles. The molecule has 0 heterocycles. The predicted molar refractivity (Wildman–Crippen MR) is 73.6 cm³/mol. The second kappa shape index (κ2) is 6.71. The van der Waals surface area contributed by atoms with Crippen LogP contribution in [-0.2, 0) is 5.33 Å². The summed E-state index contributed by atoms with van der Waals surface area (Å²) >= 11 is 8.39. The van der Waals surface area contributed by atoms with Gasteiger partial charge in [0.25, 0.3) is 0 Å². The van der Waals surface area contributed by atoms with Crippen molar-refractivity contribution in [3.63, 3.8) is 0 Å². The van der Waals surface area contributed by atoms with Gasteiger partial charge in [-0.15, -0.1) is 11.8 Å². The Bertz CT molecular complexity index is 352. The van der Waals surface area contributed by atoms with Crippen molar-refractivity contribution in [1.82, 2.24) is 0 Å². The van der Waals surface area contributed by atoms with E-state index in [1.54, 1.807) is 11.8 Å². The lowest BCUT2D eigenvalue weighted by atomic mass is 10.1. The number of thioether (sulfide) groups is 1. The van der Waals surface area contributed by atoms with Crippen molar-refractivity contribution in [3.8, 4) is 0 Å². The lowest BCUT2D eigenvalue weighted by molar-refractivity contribution is 0.0989. The van der Waals surface area contributed by atoms with Crippen molar-refractivity contribution < 1.29 is 4.79 Å². The number of rotatable bonds is 5. The summed E-state index contributed by atoms with van der Waals surface area (Å²) in [6.07, 6.45) is 2.59. The van der Waals surface area contributed by atoms with Gasteiger partial charge < -0.3 is 0 Å². The molecular formula is C11H12Br2OS. The van der Waals surface area contributed by atoms with Crippen LogP contribution in [-0.4, -0.2) is 17.4 Å². The van der Waals surface area contributed by atoms with E-state index in [1.165, 1.54) is 10.5 Å². The van der Waals surface area contributed by atoms with Crippen LogP contribution < -0.4 is 0 Å². The van der Waals surface area contributed by atoms with Gasteiger partial charge in [0.2, 0.25) is 0 Å². The summed E-state index contributed by atoms with van der Waals surface area (Å²) in [6.45, 7) is 0. The Morgan fingerprint density at radius 1 is 1.40 bits per heavy atom. The number of hydrogen-bond acceptors (Lipinski definition) is 2. The number of ketones is 1. The number of Topliss-reactive ketones (excluding diaryl/α,β-unsaturated/α-hetero) is 1. The fourth-order valence-corrected chi connectivity index (χ4v) is 2.94. The molecular weight excluding hydrogens is 340 g/mol. The molecule has 0 radical (unpaired) electrons. The number of benzene rings is 1. The van der Waals surface area contributed by atoms with Crippen molar-refractivity contribution in [1.29, 1.82) is 0 Å². The molecule has 1 aromatic rings. The Morgan fingerprint density at radius 3 is 2.67 bits per heavy atom. The van der Waals surface area contributed by atoms with E-state index in [9.17, 15) is 4.79 Å². The van der Waals surface area contributed by atoms with Gasteiger partial charge in [-0.05, 0) is 17.9 Å². The smallest absolute Gasteiger partial charge is 0.163 e. The van der Waals surface area contributed by atoms with Gasteiger partial charge in [0.05, 0.1) is 0 Å². The van der Waals surface area contributed by atoms with E-state index in [2.05, 4.69) is 31.9 Å². The number of alkyl halides is 2. The van der Waals surface area contributed by atoms with Crippen molar-refractivity contribution in [3.05, 3.63) is 29.3 Å². The lowest BCUT2D eigenvalue weighted by Gasteiger charge is -2.06. The second-order valence-electron chi connectivity index (χ2n) is 3.02. The van der Waals surface area contributed by atoms with Crippen LogP contribution in [0, 0.1) is 0 Å². The van der Waals surface area contributed by atoms with Gasteiger partial charge in [-0.2, -0.15) is 0 Å². The third-order valence-electron chi connectivity index (χ3n) is 2.07. The molecule has 1 aromatic carbocycles. The highest BCUT2D eigenvalue weighted by molar-refractivity contribution is 9.09. The third kappa shape index (κ3) is 3.61. The first-order chi connectivity index (χ1) is 7.22. The van der Waals surface area contributed by atoms with Crippen molar-refractivity contribution in [2.24, 2.45) is 0 Å². The number of hydrogen-bond donors (Lipinski definition) is 0. The van der Waals surface area contributed by atoms with E-state index in [4.69, 9.17) is 0 Å². The Balaban J connectivity index is 2.97. The summed E-state index contributed by atoms with van der Waals surface area (Å²) in [5.41, 5.74) is 2.04. The highest BCUT2D eigenvalue weighted by Crippen LogP contribution is 2.24. The zero-order valence-corrected chi connectivity index (χ0v) is 12.4. The maximum absolute atomic E-state index is 11.7. The predicted octanol–water partition coefficient (Wildman–Crippen LogP) is 4.27. The molecule has 0 spiro atoms. The highest BCUT2D eigenvalue weighted by atomic mass is 79.9. The summed E-state index contributed by atoms with van der Waals surface area (Å²) in [4.78, 5) is 12.8. The third-order valence-corrected chi connectivity index (χ3v) is 3.90. The standard InChI is InChI=1S/C11H12Br2OS/c1-15-11-6-8(10(14)4-5-12)2-3-9(11)7-13/h2-3,6H,4-5,7H2,1H3. The van der Waals surface area contributed by atoms with E-state index in [0.29, 0.717) is 6.42 Å². The SMILES string of the molecule is CSc1cc(C(=O)CCBr)ccc1CBr. The van der Waals surface area contributed by atoms with E-state index >= 15 is 0 Å². The van der Waals surface area contributed by atoms with E-state index < -0.39 is 0 Å². The van der Waals surface area contributed by atoms with Gasteiger partial charge in [-0.1, -0.05) is 44.0 Å².